The van der Waals surface area contributed by atoms with E-state index < -0.39 is 6.10 Å². The van der Waals surface area contributed by atoms with E-state index in [-0.39, 0.29) is 30.6 Å². The predicted octanol–water partition coefficient (Wildman–Crippen LogP) is -0.745. The Hall–Kier alpha value is -2.19. The molecule has 0 saturated heterocycles. The Balaban J connectivity index is 2.72. The van der Waals surface area contributed by atoms with Crippen LogP contribution < -0.4 is 5.73 Å². The molecular formula is C12H18N4O4. The summed E-state index contributed by atoms with van der Waals surface area (Å²) in [4.78, 5) is 17.3. The summed E-state index contributed by atoms with van der Waals surface area (Å²) in [6, 6.07) is 2.99. The summed E-state index contributed by atoms with van der Waals surface area (Å²) in [6.45, 7) is 0.282. The van der Waals surface area contributed by atoms with Gasteiger partial charge < -0.3 is 25.7 Å². The van der Waals surface area contributed by atoms with Crippen LogP contribution in [0.1, 0.15) is 16.1 Å². The van der Waals surface area contributed by atoms with Crippen LogP contribution in [-0.4, -0.2) is 65.4 Å². The third-order valence-corrected chi connectivity index (χ3v) is 2.58. The summed E-state index contributed by atoms with van der Waals surface area (Å²) < 4.78 is 4.79. The first-order chi connectivity index (χ1) is 9.49. The highest BCUT2D eigenvalue weighted by molar-refractivity contribution is 5.98. The van der Waals surface area contributed by atoms with Gasteiger partial charge >= 0.3 is 0 Å². The van der Waals surface area contributed by atoms with E-state index in [0.717, 1.165) is 0 Å². The zero-order valence-corrected chi connectivity index (χ0v) is 11.4. The molecule has 1 aromatic heterocycles. The number of aromatic nitrogens is 1. The standard InChI is InChI=1S/C12H18N4O4/c1-16(6-9(17)7-20-2)12(18)10-4-3-8(5-14-10)11(13)15-19/h3-5,9,17,19H,6-7H2,1-2H3,(H2,13,15). The Morgan fingerprint density at radius 2 is 2.30 bits per heavy atom. The summed E-state index contributed by atoms with van der Waals surface area (Å²) >= 11 is 0. The van der Waals surface area contributed by atoms with Crippen molar-refractivity contribution in [1.82, 2.24) is 9.88 Å². The largest absolute Gasteiger partial charge is 0.409 e. The fraction of sp³-hybridized carbons (Fsp3) is 0.417. The minimum absolute atomic E-state index is 0.0830. The molecule has 8 nitrogen and oxygen atoms in total. The Bertz CT molecular complexity index is 475. The SMILES string of the molecule is COCC(O)CN(C)C(=O)c1ccc(C(N)=NO)cn1. The lowest BCUT2D eigenvalue weighted by Crippen LogP contribution is -2.36. The average molecular weight is 282 g/mol. The number of carbonyl (C=O) groups excluding carboxylic acids is 1. The topological polar surface area (TPSA) is 121 Å². The lowest BCUT2D eigenvalue weighted by atomic mass is 10.2. The quantitative estimate of drug-likeness (QED) is 0.273. The van der Waals surface area contributed by atoms with Crippen molar-refractivity contribution in [2.24, 2.45) is 10.9 Å². The van der Waals surface area contributed by atoms with E-state index in [2.05, 4.69) is 10.1 Å². The minimum Gasteiger partial charge on any atom is -0.409 e. The molecule has 1 rings (SSSR count). The van der Waals surface area contributed by atoms with E-state index in [9.17, 15) is 9.90 Å². The van der Waals surface area contributed by atoms with Crippen LogP contribution in [0.4, 0.5) is 0 Å². The molecule has 110 valence electrons. The van der Waals surface area contributed by atoms with Gasteiger partial charge in [-0.1, -0.05) is 5.16 Å². The number of rotatable bonds is 6. The molecule has 1 unspecified atom stereocenters. The van der Waals surface area contributed by atoms with Gasteiger partial charge in [-0.25, -0.2) is 0 Å². The molecule has 1 heterocycles. The van der Waals surface area contributed by atoms with Gasteiger partial charge in [0, 0.05) is 32.5 Å². The third kappa shape index (κ3) is 4.18. The number of carbonyl (C=O) groups is 1. The average Bonchev–Trinajstić information content (AvgIpc) is 2.46. The number of amides is 1. The van der Waals surface area contributed by atoms with Gasteiger partial charge in [-0.3, -0.25) is 9.78 Å². The molecule has 0 radical (unpaired) electrons. The van der Waals surface area contributed by atoms with Crippen molar-refractivity contribution in [2.75, 3.05) is 27.3 Å². The first kappa shape index (κ1) is 15.9. The number of aliphatic hydroxyl groups is 1. The number of hydrogen-bond acceptors (Lipinski definition) is 6. The number of aliphatic hydroxyl groups excluding tert-OH is 1. The van der Waals surface area contributed by atoms with Crippen molar-refractivity contribution >= 4 is 11.7 Å². The molecule has 1 atom stereocenters. The number of amidine groups is 1. The van der Waals surface area contributed by atoms with Gasteiger partial charge in [-0.2, -0.15) is 0 Å². The van der Waals surface area contributed by atoms with Gasteiger partial charge in [-0.15, -0.1) is 0 Å². The number of nitrogens with two attached hydrogens (primary N) is 1. The van der Waals surface area contributed by atoms with E-state index in [1.807, 2.05) is 0 Å². The molecule has 0 fully saturated rings. The van der Waals surface area contributed by atoms with Crippen LogP contribution >= 0.6 is 0 Å². The number of oxime groups is 1. The molecule has 0 saturated carbocycles. The second kappa shape index (κ2) is 7.41. The Morgan fingerprint density at radius 1 is 1.60 bits per heavy atom. The van der Waals surface area contributed by atoms with Crippen molar-refractivity contribution in [2.45, 2.75) is 6.10 Å². The van der Waals surface area contributed by atoms with Gasteiger partial charge in [0.25, 0.3) is 5.91 Å². The first-order valence-electron chi connectivity index (χ1n) is 5.86. The molecule has 0 aliphatic rings. The molecule has 0 aliphatic heterocycles. The summed E-state index contributed by atoms with van der Waals surface area (Å²) in [5, 5.41) is 20.9. The van der Waals surface area contributed by atoms with Crippen molar-refractivity contribution in [1.29, 1.82) is 0 Å². The van der Waals surface area contributed by atoms with E-state index in [1.54, 1.807) is 7.05 Å². The fourth-order valence-electron chi connectivity index (χ4n) is 1.57. The number of nitrogens with zero attached hydrogens (tertiary/aromatic N) is 3. The van der Waals surface area contributed by atoms with Gasteiger partial charge in [-0.05, 0) is 12.1 Å². The molecule has 8 heteroatoms. The molecule has 0 aromatic carbocycles. The summed E-state index contributed by atoms with van der Waals surface area (Å²) in [5.41, 5.74) is 6.01. The highest BCUT2D eigenvalue weighted by atomic mass is 16.5. The highest BCUT2D eigenvalue weighted by Crippen LogP contribution is 2.04. The van der Waals surface area contributed by atoms with Crippen molar-refractivity contribution < 1.29 is 19.8 Å². The van der Waals surface area contributed by atoms with Gasteiger partial charge in [0.2, 0.25) is 0 Å². The fourth-order valence-corrected chi connectivity index (χ4v) is 1.57. The number of hydrogen-bond donors (Lipinski definition) is 3. The monoisotopic (exact) mass is 282 g/mol. The summed E-state index contributed by atoms with van der Waals surface area (Å²) in [5.74, 6) is -0.424. The maximum atomic E-state index is 12.0. The number of ether oxygens (including phenoxy) is 1. The van der Waals surface area contributed by atoms with Crippen molar-refractivity contribution in [3.63, 3.8) is 0 Å². The van der Waals surface area contributed by atoms with Gasteiger partial charge in [0.05, 0.1) is 12.7 Å². The van der Waals surface area contributed by atoms with Crippen LogP contribution in [0.2, 0.25) is 0 Å². The van der Waals surface area contributed by atoms with Crippen LogP contribution in [0.25, 0.3) is 0 Å². The highest BCUT2D eigenvalue weighted by Gasteiger charge is 2.16. The van der Waals surface area contributed by atoms with E-state index in [1.165, 1.54) is 30.3 Å². The maximum Gasteiger partial charge on any atom is 0.272 e. The van der Waals surface area contributed by atoms with E-state index in [0.29, 0.717) is 5.56 Å². The Morgan fingerprint density at radius 3 is 2.80 bits per heavy atom. The molecule has 20 heavy (non-hydrogen) atoms. The second-order valence-electron chi connectivity index (χ2n) is 4.21. The predicted molar refractivity (Wildman–Crippen MR) is 71.6 cm³/mol. The molecule has 4 N–H and O–H groups in total. The van der Waals surface area contributed by atoms with E-state index in [4.69, 9.17) is 15.7 Å². The molecule has 1 amide bonds. The van der Waals surface area contributed by atoms with E-state index >= 15 is 0 Å². The van der Waals surface area contributed by atoms with Crippen LogP contribution in [0, 0.1) is 0 Å². The molecule has 0 bridgehead atoms. The third-order valence-electron chi connectivity index (χ3n) is 2.58. The second-order valence-corrected chi connectivity index (χ2v) is 4.21. The zero-order chi connectivity index (χ0) is 15.1. The number of likely N-dealkylation sites (N-methyl/N-ethyl adjacent to an activating group) is 1. The van der Waals surface area contributed by atoms with Gasteiger partial charge in [0.15, 0.2) is 5.84 Å². The number of methoxy groups -OCH3 is 1. The lowest BCUT2D eigenvalue weighted by molar-refractivity contribution is 0.0378. The first-order valence-corrected chi connectivity index (χ1v) is 5.86. The van der Waals surface area contributed by atoms with Crippen molar-refractivity contribution in [3.8, 4) is 0 Å². The summed E-state index contributed by atoms with van der Waals surface area (Å²) in [6.07, 6.45) is 0.576. The molecule has 0 aliphatic carbocycles. The van der Waals surface area contributed by atoms with Crippen LogP contribution in [0.15, 0.2) is 23.5 Å². The van der Waals surface area contributed by atoms with Crippen LogP contribution in [-0.2, 0) is 4.74 Å². The van der Waals surface area contributed by atoms with Crippen molar-refractivity contribution in [3.05, 3.63) is 29.6 Å². The minimum atomic E-state index is -0.759. The molecule has 0 spiro atoms. The number of pyridine rings is 1. The Kier molecular flexibility index (Phi) is 5.88. The molecule has 1 aromatic rings. The van der Waals surface area contributed by atoms with Gasteiger partial charge in [0.1, 0.15) is 5.69 Å². The smallest absolute Gasteiger partial charge is 0.272 e. The van der Waals surface area contributed by atoms with Crippen LogP contribution in [0.3, 0.4) is 0 Å². The Labute approximate surface area is 116 Å². The summed E-state index contributed by atoms with van der Waals surface area (Å²) in [7, 11) is 3.03. The van der Waals surface area contributed by atoms with Crippen LogP contribution in [0.5, 0.6) is 0 Å². The maximum absolute atomic E-state index is 12.0. The lowest BCUT2D eigenvalue weighted by Gasteiger charge is -2.20. The normalized spacial score (nSPS) is 13.1. The molecular weight excluding hydrogens is 264 g/mol. The zero-order valence-electron chi connectivity index (χ0n) is 11.4.